The van der Waals surface area contributed by atoms with Crippen molar-refractivity contribution in [2.24, 2.45) is 0 Å². The average molecular weight is 350 g/mol. The number of carbonyl (C=O) groups is 1. The van der Waals surface area contributed by atoms with Crippen molar-refractivity contribution < 1.29 is 4.79 Å². The summed E-state index contributed by atoms with van der Waals surface area (Å²) < 4.78 is 0. The summed E-state index contributed by atoms with van der Waals surface area (Å²) in [6, 6.07) is 6.19. The highest BCUT2D eigenvalue weighted by Crippen LogP contribution is 2.33. The van der Waals surface area contributed by atoms with Gasteiger partial charge in [-0.2, -0.15) is 0 Å². The van der Waals surface area contributed by atoms with Gasteiger partial charge in [0, 0.05) is 36.9 Å². The first-order chi connectivity index (χ1) is 10.8. The van der Waals surface area contributed by atoms with Crippen molar-refractivity contribution in [1.29, 1.82) is 0 Å². The minimum absolute atomic E-state index is 0. The summed E-state index contributed by atoms with van der Waals surface area (Å²) in [6.07, 6.45) is 7.15. The summed E-state index contributed by atoms with van der Waals surface area (Å²) in [5.41, 5.74) is 2.49. The molecule has 0 aromatic carbocycles. The Hall–Kier alpha value is -1.43. The van der Waals surface area contributed by atoms with Crippen LogP contribution in [0.1, 0.15) is 38.1 Å². The summed E-state index contributed by atoms with van der Waals surface area (Å²) in [5, 5.41) is 3.39. The van der Waals surface area contributed by atoms with Gasteiger partial charge in [0.05, 0.1) is 10.9 Å². The predicted octanol–water partition coefficient (Wildman–Crippen LogP) is 2.84. The van der Waals surface area contributed by atoms with Crippen LogP contribution in [0.4, 0.5) is 0 Å². The van der Waals surface area contributed by atoms with E-state index in [1.54, 1.807) is 17.5 Å². The van der Waals surface area contributed by atoms with Crippen molar-refractivity contribution in [3.05, 3.63) is 51.5 Å². The first-order valence-corrected chi connectivity index (χ1v) is 8.68. The third-order valence-electron chi connectivity index (χ3n) is 4.53. The van der Waals surface area contributed by atoms with Gasteiger partial charge in [-0.3, -0.25) is 9.78 Å². The molecule has 0 radical (unpaired) electrons. The highest BCUT2D eigenvalue weighted by Gasteiger charge is 2.30. The SMILES string of the molecule is Cl.O=C(c1cc2c(s1)CCC2)N1CCNCC1c1cccnc1. The van der Waals surface area contributed by atoms with E-state index in [1.165, 1.54) is 16.9 Å². The van der Waals surface area contributed by atoms with Gasteiger partial charge < -0.3 is 10.2 Å². The molecule has 0 bridgehead atoms. The molecule has 4 rings (SSSR count). The van der Waals surface area contributed by atoms with Crippen molar-refractivity contribution in [3.8, 4) is 0 Å². The van der Waals surface area contributed by atoms with Crippen LogP contribution in [0.2, 0.25) is 0 Å². The Morgan fingerprint density at radius 3 is 3.09 bits per heavy atom. The van der Waals surface area contributed by atoms with Crippen LogP contribution in [0, 0.1) is 0 Å². The summed E-state index contributed by atoms with van der Waals surface area (Å²) in [6.45, 7) is 2.40. The van der Waals surface area contributed by atoms with Crippen LogP contribution in [0.15, 0.2) is 30.6 Å². The van der Waals surface area contributed by atoms with E-state index in [0.29, 0.717) is 0 Å². The zero-order chi connectivity index (χ0) is 14.9. The number of carbonyl (C=O) groups excluding carboxylic acids is 1. The smallest absolute Gasteiger partial charge is 0.264 e. The van der Waals surface area contributed by atoms with Crippen LogP contribution in [-0.4, -0.2) is 35.4 Å². The van der Waals surface area contributed by atoms with Crippen LogP contribution >= 0.6 is 23.7 Å². The number of hydrogen-bond donors (Lipinski definition) is 1. The number of halogens is 1. The highest BCUT2D eigenvalue weighted by atomic mass is 35.5. The molecule has 1 fully saturated rings. The van der Waals surface area contributed by atoms with Gasteiger partial charge in [-0.15, -0.1) is 23.7 Å². The molecule has 1 saturated heterocycles. The maximum atomic E-state index is 13.0. The molecule has 122 valence electrons. The van der Waals surface area contributed by atoms with Gasteiger partial charge in [0.15, 0.2) is 0 Å². The minimum atomic E-state index is 0. The van der Waals surface area contributed by atoms with Crippen LogP contribution < -0.4 is 5.32 Å². The predicted molar refractivity (Wildman–Crippen MR) is 94.5 cm³/mol. The molecule has 6 heteroatoms. The molecule has 4 nitrogen and oxygen atoms in total. The molecular formula is C17H20ClN3OS. The van der Waals surface area contributed by atoms with E-state index in [4.69, 9.17) is 0 Å². The lowest BCUT2D eigenvalue weighted by atomic mass is 10.0. The number of rotatable bonds is 2. The molecule has 2 aromatic heterocycles. The third-order valence-corrected chi connectivity index (χ3v) is 5.76. The first-order valence-electron chi connectivity index (χ1n) is 7.86. The second-order valence-electron chi connectivity index (χ2n) is 5.92. The lowest BCUT2D eigenvalue weighted by molar-refractivity contribution is 0.0639. The van der Waals surface area contributed by atoms with E-state index in [2.05, 4.69) is 22.4 Å². The number of pyridine rings is 1. The fourth-order valence-electron chi connectivity index (χ4n) is 3.39. The van der Waals surface area contributed by atoms with Crippen LogP contribution in [-0.2, 0) is 12.8 Å². The standard InChI is InChI=1S/C17H19N3OS.ClH/c21-17(16-9-12-3-1-5-15(12)22-16)20-8-7-19-11-14(20)13-4-2-6-18-10-13;/h2,4,6,9-10,14,19H,1,3,5,7-8,11H2;1H. The number of nitrogens with zero attached hydrogens (tertiary/aromatic N) is 2. The molecule has 23 heavy (non-hydrogen) atoms. The Kier molecular flexibility index (Phi) is 4.99. The van der Waals surface area contributed by atoms with E-state index in [1.807, 2.05) is 17.2 Å². The maximum absolute atomic E-state index is 13.0. The number of nitrogens with one attached hydrogen (secondary N) is 1. The van der Waals surface area contributed by atoms with Crippen molar-refractivity contribution in [2.45, 2.75) is 25.3 Å². The van der Waals surface area contributed by atoms with Gasteiger partial charge in [-0.25, -0.2) is 0 Å². The Bertz CT molecular complexity index is 667. The normalized spacial score (nSPS) is 20.0. The largest absolute Gasteiger partial charge is 0.328 e. The van der Waals surface area contributed by atoms with Gasteiger partial charge in [-0.1, -0.05) is 6.07 Å². The molecule has 2 aromatic rings. The Balaban J connectivity index is 0.00000156. The van der Waals surface area contributed by atoms with E-state index in [9.17, 15) is 4.79 Å². The monoisotopic (exact) mass is 349 g/mol. The molecule has 0 saturated carbocycles. The summed E-state index contributed by atoms with van der Waals surface area (Å²) in [5.74, 6) is 0.176. The maximum Gasteiger partial charge on any atom is 0.264 e. The van der Waals surface area contributed by atoms with E-state index in [0.717, 1.165) is 42.9 Å². The molecule has 1 aliphatic carbocycles. The molecule has 1 N–H and O–H groups in total. The molecule has 3 heterocycles. The number of thiophene rings is 1. The van der Waals surface area contributed by atoms with Crippen LogP contribution in [0.3, 0.4) is 0 Å². The summed E-state index contributed by atoms with van der Waals surface area (Å²) in [7, 11) is 0. The number of fused-ring (bicyclic) bond motifs is 1. The summed E-state index contributed by atoms with van der Waals surface area (Å²) in [4.78, 5) is 21.5. The van der Waals surface area contributed by atoms with Gasteiger partial charge in [0.25, 0.3) is 5.91 Å². The number of amides is 1. The lowest BCUT2D eigenvalue weighted by Gasteiger charge is -2.36. The quantitative estimate of drug-likeness (QED) is 0.906. The Labute approximate surface area is 146 Å². The molecule has 0 spiro atoms. The van der Waals surface area contributed by atoms with Gasteiger partial charge in [0.2, 0.25) is 0 Å². The zero-order valence-corrected chi connectivity index (χ0v) is 14.5. The van der Waals surface area contributed by atoms with Crippen molar-refractivity contribution in [3.63, 3.8) is 0 Å². The van der Waals surface area contributed by atoms with Crippen LogP contribution in [0.5, 0.6) is 0 Å². The minimum Gasteiger partial charge on any atom is -0.328 e. The molecular weight excluding hydrogens is 330 g/mol. The Morgan fingerprint density at radius 1 is 1.39 bits per heavy atom. The van der Waals surface area contributed by atoms with Gasteiger partial charge in [-0.05, 0) is 42.5 Å². The van der Waals surface area contributed by atoms with E-state index >= 15 is 0 Å². The molecule has 1 atom stereocenters. The van der Waals surface area contributed by atoms with E-state index in [-0.39, 0.29) is 24.4 Å². The second kappa shape index (κ2) is 6.99. The second-order valence-corrected chi connectivity index (χ2v) is 7.05. The first kappa shape index (κ1) is 16.4. The average Bonchev–Trinajstić information content (AvgIpc) is 3.17. The van der Waals surface area contributed by atoms with Crippen molar-refractivity contribution in [2.75, 3.05) is 19.6 Å². The Morgan fingerprint density at radius 2 is 2.30 bits per heavy atom. The van der Waals surface area contributed by atoms with Crippen LogP contribution in [0.25, 0.3) is 0 Å². The lowest BCUT2D eigenvalue weighted by Crippen LogP contribution is -2.48. The molecule has 1 aliphatic heterocycles. The number of hydrogen-bond acceptors (Lipinski definition) is 4. The van der Waals surface area contributed by atoms with Gasteiger partial charge in [0.1, 0.15) is 0 Å². The number of aromatic nitrogens is 1. The van der Waals surface area contributed by atoms with Gasteiger partial charge >= 0.3 is 0 Å². The molecule has 1 amide bonds. The molecule has 2 aliphatic rings. The topological polar surface area (TPSA) is 45.2 Å². The highest BCUT2D eigenvalue weighted by molar-refractivity contribution is 7.14. The van der Waals surface area contributed by atoms with Crippen molar-refractivity contribution >= 4 is 29.7 Å². The summed E-state index contributed by atoms with van der Waals surface area (Å²) >= 11 is 1.69. The number of piperazine rings is 1. The fourth-order valence-corrected chi connectivity index (χ4v) is 4.60. The zero-order valence-electron chi connectivity index (χ0n) is 12.8. The molecule has 1 unspecified atom stereocenters. The number of aryl methyl sites for hydroxylation is 2. The third kappa shape index (κ3) is 3.13. The fraction of sp³-hybridized carbons (Fsp3) is 0.412. The van der Waals surface area contributed by atoms with E-state index < -0.39 is 0 Å². The van der Waals surface area contributed by atoms with Crippen molar-refractivity contribution in [1.82, 2.24) is 15.2 Å².